The van der Waals surface area contributed by atoms with Crippen LogP contribution in [0, 0.1) is 11.8 Å². The van der Waals surface area contributed by atoms with Gasteiger partial charge < -0.3 is 10.6 Å². The molecule has 1 saturated carbocycles. The second-order valence-corrected chi connectivity index (χ2v) is 5.57. The number of amides is 1. The van der Waals surface area contributed by atoms with Crippen molar-refractivity contribution in [1.82, 2.24) is 4.98 Å². The molecule has 0 radical (unpaired) electrons. The summed E-state index contributed by atoms with van der Waals surface area (Å²) in [5, 5.41) is 0. The summed E-state index contributed by atoms with van der Waals surface area (Å²) in [4.78, 5) is 18.2. The molecule has 0 spiro atoms. The quantitative estimate of drug-likeness (QED) is 0.907. The van der Waals surface area contributed by atoms with Crippen LogP contribution in [0.1, 0.15) is 32.6 Å². The number of carbonyl (C=O) groups is 1. The molecule has 1 aliphatic carbocycles. The van der Waals surface area contributed by atoms with Crippen LogP contribution in [-0.2, 0) is 4.79 Å². The highest BCUT2D eigenvalue weighted by Crippen LogP contribution is 2.32. The van der Waals surface area contributed by atoms with Crippen LogP contribution in [0.5, 0.6) is 0 Å². The average molecular weight is 261 g/mol. The second kappa shape index (κ2) is 6.15. The molecule has 0 aromatic carbocycles. The highest BCUT2D eigenvalue weighted by atomic mass is 16.2. The number of anilines is 1. The molecule has 4 heteroatoms. The fraction of sp³-hybridized carbons (Fsp3) is 0.600. The van der Waals surface area contributed by atoms with E-state index in [-0.39, 0.29) is 17.9 Å². The third kappa shape index (κ3) is 3.32. The number of hydrogen-bond donors (Lipinski definition) is 1. The normalized spacial score (nSPS) is 24.8. The second-order valence-electron chi connectivity index (χ2n) is 5.57. The number of carbonyl (C=O) groups excluding carboxylic acids is 1. The van der Waals surface area contributed by atoms with E-state index in [2.05, 4.69) is 11.9 Å². The molecule has 1 heterocycles. The van der Waals surface area contributed by atoms with Gasteiger partial charge in [0.15, 0.2) is 0 Å². The van der Waals surface area contributed by atoms with Crippen LogP contribution in [-0.4, -0.2) is 24.0 Å². The average Bonchev–Trinajstić information content (AvgIpc) is 2.46. The van der Waals surface area contributed by atoms with E-state index in [1.165, 1.54) is 0 Å². The molecule has 2 rings (SSSR count). The maximum atomic E-state index is 12.4. The van der Waals surface area contributed by atoms with Crippen LogP contribution < -0.4 is 10.6 Å². The predicted molar refractivity (Wildman–Crippen MR) is 76.7 cm³/mol. The fourth-order valence-corrected chi connectivity index (χ4v) is 2.86. The van der Waals surface area contributed by atoms with Gasteiger partial charge in [0.05, 0.1) is 0 Å². The minimum absolute atomic E-state index is 0.146. The Bertz CT molecular complexity index is 411. The van der Waals surface area contributed by atoms with Gasteiger partial charge in [-0.25, -0.2) is 0 Å². The van der Waals surface area contributed by atoms with Gasteiger partial charge in [0.2, 0.25) is 5.91 Å². The first-order chi connectivity index (χ1) is 9.09. The molecule has 1 amide bonds. The van der Waals surface area contributed by atoms with Crippen LogP contribution >= 0.6 is 0 Å². The number of nitrogens with zero attached hydrogens (tertiary/aromatic N) is 2. The topological polar surface area (TPSA) is 59.2 Å². The van der Waals surface area contributed by atoms with Crippen molar-refractivity contribution in [2.75, 3.05) is 11.9 Å². The van der Waals surface area contributed by atoms with Gasteiger partial charge in [-0.3, -0.25) is 9.78 Å². The van der Waals surface area contributed by atoms with Crippen molar-refractivity contribution in [2.45, 2.75) is 38.6 Å². The Kier molecular flexibility index (Phi) is 4.53. The van der Waals surface area contributed by atoms with E-state index in [0.717, 1.165) is 31.4 Å². The van der Waals surface area contributed by atoms with Crippen LogP contribution in [0.15, 0.2) is 24.5 Å². The van der Waals surface area contributed by atoms with Crippen molar-refractivity contribution in [3.63, 3.8) is 0 Å². The summed E-state index contributed by atoms with van der Waals surface area (Å²) in [6, 6.07) is 3.98. The number of pyridine rings is 1. The first-order valence-corrected chi connectivity index (χ1v) is 7.02. The predicted octanol–water partition coefficient (Wildman–Crippen LogP) is 2.20. The molecule has 19 heavy (non-hydrogen) atoms. The first kappa shape index (κ1) is 14.0. The molecule has 0 unspecified atom stereocenters. The molecule has 0 saturated heterocycles. The van der Waals surface area contributed by atoms with Crippen LogP contribution in [0.25, 0.3) is 0 Å². The van der Waals surface area contributed by atoms with Crippen LogP contribution in [0.3, 0.4) is 0 Å². The lowest BCUT2D eigenvalue weighted by atomic mass is 9.78. The Morgan fingerprint density at radius 3 is 2.42 bits per heavy atom. The van der Waals surface area contributed by atoms with Crippen LogP contribution in [0.2, 0.25) is 0 Å². The number of nitrogens with two attached hydrogens (primary N) is 1. The summed E-state index contributed by atoms with van der Waals surface area (Å²) in [5.74, 6) is 0.942. The molecule has 1 fully saturated rings. The van der Waals surface area contributed by atoms with Gasteiger partial charge in [0.25, 0.3) is 0 Å². The maximum Gasteiger partial charge on any atom is 0.229 e. The molecule has 1 aliphatic rings. The van der Waals surface area contributed by atoms with E-state index in [1.54, 1.807) is 17.3 Å². The smallest absolute Gasteiger partial charge is 0.229 e. The van der Waals surface area contributed by atoms with Crippen LogP contribution in [0.4, 0.5) is 5.69 Å². The Hall–Kier alpha value is -1.42. The van der Waals surface area contributed by atoms with Gasteiger partial charge >= 0.3 is 0 Å². The van der Waals surface area contributed by atoms with Crippen molar-refractivity contribution >= 4 is 11.6 Å². The summed E-state index contributed by atoms with van der Waals surface area (Å²) in [7, 11) is 1.84. The largest absolute Gasteiger partial charge is 0.328 e. The summed E-state index contributed by atoms with van der Waals surface area (Å²) >= 11 is 0. The van der Waals surface area contributed by atoms with E-state index in [0.29, 0.717) is 5.92 Å². The minimum Gasteiger partial charge on any atom is -0.328 e. The molecule has 0 bridgehead atoms. The van der Waals surface area contributed by atoms with E-state index < -0.39 is 0 Å². The Morgan fingerprint density at radius 2 is 1.89 bits per heavy atom. The Morgan fingerprint density at radius 1 is 1.32 bits per heavy atom. The van der Waals surface area contributed by atoms with Gasteiger partial charge in [0, 0.05) is 37.1 Å². The lowest BCUT2D eigenvalue weighted by molar-refractivity contribution is -0.123. The standard InChI is InChI=1S/C15H23N3O/c1-11(16)12-3-5-13(6-4-12)15(19)18(2)14-7-9-17-10-8-14/h7-13H,3-6,16H2,1-2H3/t11-,12?,13?/m1/s1. The highest BCUT2D eigenvalue weighted by molar-refractivity contribution is 5.94. The molecule has 1 atom stereocenters. The van der Waals surface area contributed by atoms with E-state index in [1.807, 2.05) is 19.2 Å². The summed E-state index contributed by atoms with van der Waals surface area (Å²) in [6.07, 6.45) is 7.48. The lowest BCUT2D eigenvalue weighted by Gasteiger charge is -2.32. The minimum atomic E-state index is 0.146. The van der Waals surface area contributed by atoms with Crippen molar-refractivity contribution in [2.24, 2.45) is 17.6 Å². The van der Waals surface area contributed by atoms with Gasteiger partial charge in [-0.1, -0.05) is 0 Å². The number of aromatic nitrogens is 1. The summed E-state index contributed by atoms with van der Waals surface area (Å²) in [5.41, 5.74) is 6.85. The molecule has 1 aromatic rings. The number of rotatable bonds is 3. The molecule has 4 nitrogen and oxygen atoms in total. The van der Waals surface area contributed by atoms with Crippen molar-refractivity contribution in [3.05, 3.63) is 24.5 Å². The number of hydrogen-bond acceptors (Lipinski definition) is 3. The van der Waals surface area contributed by atoms with Crippen molar-refractivity contribution in [3.8, 4) is 0 Å². The molecule has 1 aromatic heterocycles. The molecule has 104 valence electrons. The zero-order valence-corrected chi connectivity index (χ0v) is 11.7. The van der Waals surface area contributed by atoms with Crippen molar-refractivity contribution in [1.29, 1.82) is 0 Å². The molecular weight excluding hydrogens is 238 g/mol. The van der Waals surface area contributed by atoms with Gasteiger partial charge in [-0.15, -0.1) is 0 Å². The zero-order valence-electron chi connectivity index (χ0n) is 11.7. The lowest BCUT2D eigenvalue weighted by Crippen LogP contribution is -2.37. The van der Waals surface area contributed by atoms with Gasteiger partial charge in [0.1, 0.15) is 0 Å². The zero-order chi connectivity index (χ0) is 13.8. The van der Waals surface area contributed by atoms with Gasteiger partial charge in [-0.2, -0.15) is 0 Å². The third-order valence-electron chi connectivity index (χ3n) is 4.25. The summed E-state index contributed by atoms with van der Waals surface area (Å²) < 4.78 is 0. The van der Waals surface area contributed by atoms with Gasteiger partial charge in [-0.05, 0) is 50.7 Å². The Labute approximate surface area is 115 Å². The van der Waals surface area contributed by atoms with E-state index >= 15 is 0 Å². The fourth-order valence-electron chi connectivity index (χ4n) is 2.86. The SMILES string of the molecule is C[C@@H](N)C1CCC(C(=O)N(C)c2ccncc2)CC1. The molecule has 2 N–H and O–H groups in total. The van der Waals surface area contributed by atoms with Crippen molar-refractivity contribution < 1.29 is 4.79 Å². The van der Waals surface area contributed by atoms with E-state index in [4.69, 9.17) is 5.73 Å². The summed E-state index contributed by atoms with van der Waals surface area (Å²) in [6.45, 7) is 2.07. The monoisotopic (exact) mass is 261 g/mol. The Balaban J connectivity index is 1.94. The maximum absolute atomic E-state index is 12.4. The first-order valence-electron chi connectivity index (χ1n) is 7.02. The molecular formula is C15H23N3O. The molecule has 0 aliphatic heterocycles. The van der Waals surface area contributed by atoms with E-state index in [9.17, 15) is 4.79 Å². The highest BCUT2D eigenvalue weighted by Gasteiger charge is 2.29. The third-order valence-corrected chi connectivity index (χ3v) is 4.25.